The third-order valence-electron chi connectivity index (χ3n) is 6.26. The summed E-state index contributed by atoms with van der Waals surface area (Å²) in [5.74, 6) is -0.863. The summed E-state index contributed by atoms with van der Waals surface area (Å²) in [5, 5.41) is 5.51. The number of imide groups is 1. The molecule has 1 atom stereocenters. The number of carbonyl (C=O) groups excluding carboxylic acids is 3. The number of anilines is 1. The molecule has 0 saturated carbocycles. The van der Waals surface area contributed by atoms with E-state index in [1.54, 1.807) is 6.92 Å². The van der Waals surface area contributed by atoms with Gasteiger partial charge in [0.2, 0.25) is 5.91 Å². The first kappa shape index (κ1) is 22.9. The second-order valence-electron chi connectivity index (χ2n) is 8.76. The number of nitrogens with zero attached hydrogens (tertiary/aromatic N) is 2. The van der Waals surface area contributed by atoms with Crippen LogP contribution >= 0.6 is 0 Å². The molecule has 0 spiro atoms. The molecular formula is C25H30N4O4. The van der Waals surface area contributed by atoms with E-state index >= 15 is 0 Å². The summed E-state index contributed by atoms with van der Waals surface area (Å²) >= 11 is 0. The van der Waals surface area contributed by atoms with E-state index in [2.05, 4.69) is 15.5 Å². The minimum absolute atomic E-state index is 0.342. The summed E-state index contributed by atoms with van der Waals surface area (Å²) in [7, 11) is 0. The quantitative estimate of drug-likeness (QED) is 0.632. The number of nitrogens with one attached hydrogen (secondary N) is 2. The number of benzene rings is 2. The van der Waals surface area contributed by atoms with Crippen LogP contribution < -0.4 is 10.6 Å². The van der Waals surface area contributed by atoms with E-state index in [1.807, 2.05) is 55.5 Å². The fraction of sp³-hybridized carbons (Fsp3) is 0.400. The van der Waals surface area contributed by atoms with E-state index in [4.69, 9.17) is 4.74 Å². The van der Waals surface area contributed by atoms with E-state index in [1.165, 1.54) is 5.56 Å². The minimum atomic E-state index is -1.19. The topological polar surface area (TPSA) is 91.0 Å². The Bertz CT molecular complexity index is 1020. The number of aryl methyl sites for hydroxylation is 1. The van der Waals surface area contributed by atoms with E-state index in [-0.39, 0.29) is 6.54 Å². The summed E-state index contributed by atoms with van der Waals surface area (Å²) in [6.45, 7) is 7.73. The number of ether oxygens (including phenoxy) is 1. The van der Waals surface area contributed by atoms with Gasteiger partial charge >= 0.3 is 6.03 Å². The molecule has 0 bridgehead atoms. The molecule has 174 valence electrons. The summed E-state index contributed by atoms with van der Waals surface area (Å²) in [4.78, 5) is 41.4. The highest BCUT2D eigenvalue weighted by atomic mass is 16.5. The van der Waals surface area contributed by atoms with Crippen LogP contribution in [0.4, 0.5) is 10.5 Å². The SMILES string of the molecule is Cc1ccc(C2(C)NC(=O)N(CC(=O)Nc3ccc(CCN4CCOCC4)cc3)C2=O)cc1. The zero-order chi connectivity index (χ0) is 23.4. The van der Waals surface area contributed by atoms with Crippen molar-refractivity contribution in [3.05, 3.63) is 65.2 Å². The van der Waals surface area contributed by atoms with Gasteiger partial charge in [0.05, 0.1) is 13.2 Å². The first-order valence-corrected chi connectivity index (χ1v) is 11.3. The fourth-order valence-corrected chi connectivity index (χ4v) is 4.13. The van der Waals surface area contributed by atoms with E-state index < -0.39 is 23.4 Å². The molecule has 0 aliphatic carbocycles. The van der Waals surface area contributed by atoms with E-state index in [9.17, 15) is 14.4 Å². The second-order valence-corrected chi connectivity index (χ2v) is 8.76. The summed E-state index contributed by atoms with van der Waals surface area (Å²) < 4.78 is 5.37. The Morgan fingerprint density at radius 3 is 2.39 bits per heavy atom. The van der Waals surface area contributed by atoms with Crippen LogP contribution in [0.1, 0.15) is 23.6 Å². The van der Waals surface area contributed by atoms with Gasteiger partial charge in [0.15, 0.2) is 0 Å². The highest BCUT2D eigenvalue weighted by Gasteiger charge is 2.49. The lowest BCUT2D eigenvalue weighted by Gasteiger charge is -2.26. The Hall–Kier alpha value is -3.23. The van der Waals surface area contributed by atoms with Crippen LogP contribution in [0.15, 0.2) is 48.5 Å². The standard InChI is InChI=1S/C25H30N4O4/c1-18-3-7-20(8-4-18)25(2)23(31)29(24(32)27-25)17-22(30)26-21-9-5-19(6-10-21)11-12-28-13-15-33-16-14-28/h3-10H,11-17H2,1-2H3,(H,26,30)(H,27,32). The second kappa shape index (κ2) is 9.72. The Balaban J connectivity index is 1.32. The summed E-state index contributed by atoms with van der Waals surface area (Å²) in [5.41, 5.74) is 2.36. The van der Waals surface area contributed by atoms with Crippen molar-refractivity contribution in [1.82, 2.24) is 15.1 Å². The van der Waals surface area contributed by atoms with Crippen LogP contribution in [0.3, 0.4) is 0 Å². The molecule has 4 amide bonds. The van der Waals surface area contributed by atoms with Crippen molar-refractivity contribution in [2.75, 3.05) is 44.7 Å². The number of rotatable bonds is 7. The van der Waals surface area contributed by atoms with Crippen molar-refractivity contribution in [1.29, 1.82) is 0 Å². The van der Waals surface area contributed by atoms with E-state index in [0.717, 1.165) is 49.7 Å². The molecule has 2 aliphatic heterocycles. The molecule has 4 rings (SSSR count). The number of carbonyl (C=O) groups is 3. The van der Waals surface area contributed by atoms with Crippen molar-refractivity contribution in [2.24, 2.45) is 0 Å². The van der Waals surface area contributed by atoms with Crippen LogP contribution in [-0.2, 0) is 26.3 Å². The molecule has 2 saturated heterocycles. The van der Waals surface area contributed by atoms with Crippen molar-refractivity contribution in [2.45, 2.75) is 25.8 Å². The molecule has 2 aromatic carbocycles. The van der Waals surface area contributed by atoms with Gasteiger partial charge in [0.25, 0.3) is 5.91 Å². The molecule has 2 N–H and O–H groups in total. The molecule has 33 heavy (non-hydrogen) atoms. The Labute approximate surface area is 193 Å². The van der Waals surface area contributed by atoms with Crippen LogP contribution in [0.5, 0.6) is 0 Å². The number of hydrogen-bond donors (Lipinski definition) is 2. The molecule has 2 aromatic rings. The van der Waals surface area contributed by atoms with Gasteiger partial charge in [0.1, 0.15) is 12.1 Å². The average molecular weight is 451 g/mol. The zero-order valence-corrected chi connectivity index (χ0v) is 19.1. The fourth-order valence-electron chi connectivity index (χ4n) is 4.13. The average Bonchev–Trinajstić information content (AvgIpc) is 3.03. The van der Waals surface area contributed by atoms with Gasteiger partial charge in [0, 0.05) is 25.3 Å². The minimum Gasteiger partial charge on any atom is -0.379 e. The van der Waals surface area contributed by atoms with Crippen LogP contribution in [0.2, 0.25) is 0 Å². The normalized spacial score (nSPS) is 21.2. The third kappa shape index (κ3) is 5.23. The first-order valence-electron chi connectivity index (χ1n) is 11.3. The monoisotopic (exact) mass is 450 g/mol. The van der Waals surface area contributed by atoms with Gasteiger partial charge in [-0.2, -0.15) is 0 Å². The summed E-state index contributed by atoms with van der Waals surface area (Å²) in [6, 6.07) is 14.5. The van der Waals surface area contributed by atoms with Crippen molar-refractivity contribution < 1.29 is 19.1 Å². The molecular weight excluding hydrogens is 420 g/mol. The predicted molar refractivity (Wildman–Crippen MR) is 125 cm³/mol. The Morgan fingerprint density at radius 1 is 1.06 bits per heavy atom. The largest absolute Gasteiger partial charge is 0.379 e. The van der Waals surface area contributed by atoms with Crippen molar-refractivity contribution >= 4 is 23.5 Å². The lowest BCUT2D eigenvalue weighted by atomic mass is 9.91. The third-order valence-corrected chi connectivity index (χ3v) is 6.26. The molecule has 2 heterocycles. The molecule has 1 unspecified atom stereocenters. The maximum Gasteiger partial charge on any atom is 0.325 e. The maximum absolute atomic E-state index is 13.0. The highest BCUT2D eigenvalue weighted by Crippen LogP contribution is 2.29. The van der Waals surface area contributed by atoms with Gasteiger partial charge in [-0.3, -0.25) is 19.4 Å². The first-order chi connectivity index (χ1) is 15.8. The molecule has 2 fully saturated rings. The van der Waals surface area contributed by atoms with Crippen LogP contribution in [0, 0.1) is 6.92 Å². The zero-order valence-electron chi connectivity index (χ0n) is 19.1. The van der Waals surface area contributed by atoms with Crippen molar-refractivity contribution in [3.8, 4) is 0 Å². The van der Waals surface area contributed by atoms with Crippen LogP contribution in [0.25, 0.3) is 0 Å². The van der Waals surface area contributed by atoms with Gasteiger partial charge in [-0.15, -0.1) is 0 Å². The van der Waals surface area contributed by atoms with Crippen LogP contribution in [-0.4, -0.2) is 67.0 Å². The number of amides is 4. The highest BCUT2D eigenvalue weighted by molar-refractivity contribution is 6.10. The molecule has 0 aromatic heterocycles. The Kier molecular flexibility index (Phi) is 6.76. The van der Waals surface area contributed by atoms with Gasteiger partial charge in [-0.05, 0) is 43.5 Å². The predicted octanol–water partition coefficient (Wildman–Crippen LogP) is 2.28. The molecule has 0 radical (unpaired) electrons. The molecule has 8 heteroatoms. The lowest BCUT2D eigenvalue weighted by Crippen LogP contribution is -2.42. The van der Waals surface area contributed by atoms with Gasteiger partial charge in [-0.1, -0.05) is 42.0 Å². The maximum atomic E-state index is 13.0. The number of morpholine rings is 1. The molecule has 8 nitrogen and oxygen atoms in total. The number of urea groups is 1. The smallest absolute Gasteiger partial charge is 0.325 e. The van der Waals surface area contributed by atoms with E-state index in [0.29, 0.717) is 11.3 Å². The Morgan fingerprint density at radius 2 is 1.73 bits per heavy atom. The lowest BCUT2D eigenvalue weighted by molar-refractivity contribution is -0.133. The summed E-state index contributed by atoms with van der Waals surface area (Å²) in [6.07, 6.45) is 0.925. The number of hydrogen-bond acceptors (Lipinski definition) is 5. The molecule has 2 aliphatic rings. The van der Waals surface area contributed by atoms with Gasteiger partial charge < -0.3 is 15.4 Å². The van der Waals surface area contributed by atoms with Crippen molar-refractivity contribution in [3.63, 3.8) is 0 Å². The van der Waals surface area contributed by atoms with Gasteiger partial charge in [-0.25, -0.2) is 4.79 Å².